The molecule has 0 amide bonds. The standard InChI is InChI=1S/C17H27ClOSi/c1-7-8-12-16(14-10-9-11-15(18)13-14)19-20(5,6)17(2,3)4/h9-13H,7-8H2,1-6H3. The topological polar surface area (TPSA) is 9.23 Å². The number of benzene rings is 1. The van der Waals surface area contributed by atoms with Crippen LogP contribution in [0.2, 0.25) is 23.2 Å². The molecule has 1 nitrogen and oxygen atoms in total. The van der Waals surface area contributed by atoms with Crippen molar-refractivity contribution in [3.05, 3.63) is 40.9 Å². The molecule has 3 heteroatoms. The molecule has 0 unspecified atom stereocenters. The number of rotatable bonds is 5. The Hall–Kier alpha value is -0.733. The second-order valence-electron chi connectivity index (χ2n) is 6.73. The molecule has 0 fully saturated rings. The molecule has 0 saturated carbocycles. The van der Waals surface area contributed by atoms with E-state index in [9.17, 15) is 0 Å². The summed E-state index contributed by atoms with van der Waals surface area (Å²) < 4.78 is 6.49. The molecule has 0 aliphatic heterocycles. The van der Waals surface area contributed by atoms with Gasteiger partial charge >= 0.3 is 0 Å². The van der Waals surface area contributed by atoms with Crippen molar-refractivity contribution >= 4 is 25.7 Å². The Morgan fingerprint density at radius 1 is 1.30 bits per heavy atom. The van der Waals surface area contributed by atoms with Crippen molar-refractivity contribution in [1.29, 1.82) is 0 Å². The lowest BCUT2D eigenvalue weighted by atomic mass is 10.1. The second kappa shape index (κ2) is 6.82. The van der Waals surface area contributed by atoms with Crippen molar-refractivity contribution in [1.82, 2.24) is 0 Å². The largest absolute Gasteiger partial charge is 0.543 e. The van der Waals surface area contributed by atoms with Crippen LogP contribution >= 0.6 is 11.6 Å². The molecule has 0 spiro atoms. The van der Waals surface area contributed by atoms with Crippen LogP contribution in [0.3, 0.4) is 0 Å². The highest BCUT2D eigenvalue weighted by molar-refractivity contribution is 6.74. The van der Waals surface area contributed by atoms with Gasteiger partial charge in [-0.25, -0.2) is 0 Å². The van der Waals surface area contributed by atoms with Gasteiger partial charge in [0, 0.05) is 10.6 Å². The van der Waals surface area contributed by atoms with E-state index >= 15 is 0 Å². The summed E-state index contributed by atoms with van der Waals surface area (Å²) in [7, 11) is -1.83. The first-order chi connectivity index (χ1) is 9.17. The van der Waals surface area contributed by atoms with E-state index in [-0.39, 0.29) is 5.04 Å². The second-order valence-corrected chi connectivity index (χ2v) is 11.9. The number of hydrogen-bond acceptors (Lipinski definition) is 1. The van der Waals surface area contributed by atoms with Crippen LogP contribution in [0.5, 0.6) is 0 Å². The normalized spacial score (nSPS) is 13.4. The molecule has 0 aromatic heterocycles. The minimum Gasteiger partial charge on any atom is -0.543 e. The predicted octanol–water partition coefficient (Wildman–Crippen LogP) is 6.50. The van der Waals surface area contributed by atoms with Crippen LogP contribution in [0.4, 0.5) is 0 Å². The number of unbranched alkanes of at least 4 members (excludes halogenated alkanes) is 1. The zero-order valence-electron chi connectivity index (χ0n) is 13.6. The maximum absolute atomic E-state index is 6.49. The predicted molar refractivity (Wildman–Crippen MR) is 92.6 cm³/mol. The smallest absolute Gasteiger partial charge is 0.250 e. The minimum atomic E-state index is -1.83. The van der Waals surface area contributed by atoms with Crippen molar-refractivity contribution in [2.45, 2.75) is 58.7 Å². The maximum Gasteiger partial charge on any atom is 0.250 e. The molecule has 1 rings (SSSR count). The van der Waals surface area contributed by atoms with Gasteiger partial charge in [0.1, 0.15) is 5.76 Å². The molecule has 1 aromatic rings. The van der Waals surface area contributed by atoms with Crippen LogP contribution in [0, 0.1) is 0 Å². The third-order valence-corrected chi connectivity index (χ3v) is 8.48. The molecule has 1 aromatic carbocycles. The average Bonchev–Trinajstić information content (AvgIpc) is 2.33. The lowest BCUT2D eigenvalue weighted by molar-refractivity contribution is 0.456. The van der Waals surface area contributed by atoms with Crippen molar-refractivity contribution in [3.8, 4) is 0 Å². The van der Waals surface area contributed by atoms with Gasteiger partial charge in [-0.1, -0.05) is 57.8 Å². The van der Waals surface area contributed by atoms with Gasteiger partial charge in [0.05, 0.1) is 0 Å². The van der Waals surface area contributed by atoms with Crippen LogP contribution in [0.25, 0.3) is 5.76 Å². The van der Waals surface area contributed by atoms with E-state index in [1.54, 1.807) is 0 Å². The molecule has 0 radical (unpaired) electrons. The van der Waals surface area contributed by atoms with Crippen LogP contribution in [0.15, 0.2) is 30.3 Å². The Bertz CT molecular complexity index is 472. The van der Waals surface area contributed by atoms with Crippen LogP contribution < -0.4 is 0 Å². The van der Waals surface area contributed by atoms with Crippen LogP contribution in [-0.2, 0) is 4.43 Å². The van der Waals surface area contributed by atoms with Crippen LogP contribution in [-0.4, -0.2) is 8.32 Å². The Morgan fingerprint density at radius 2 is 1.95 bits per heavy atom. The molecule has 0 N–H and O–H groups in total. The summed E-state index contributed by atoms with van der Waals surface area (Å²) in [5.41, 5.74) is 1.08. The van der Waals surface area contributed by atoms with Gasteiger partial charge in [-0.15, -0.1) is 0 Å². The first kappa shape index (κ1) is 17.3. The molecule has 0 saturated heterocycles. The van der Waals surface area contributed by atoms with E-state index in [1.165, 1.54) is 0 Å². The zero-order valence-corrected chi connectivity index (χ0v) is 15.3. The van der Waals surface area contributed by atoms with Gasteiger partial charge in [-0.2, -0.15) is 0 Å². The average molecular weight is 311 g/mol. The maximum atomic E-state index is 6.49. The zero-order chi connectivity index (χ0) is 15.4. The first-order valence-electron chi connectivity index (χ1n) is 7.32. The van der Waals surface area contributed by atoms with Gasteiger partial charge in [0.2, 0.25) is 8.32 Å². The monoisotopic (exact) mass is 310 g/mol. The molecule has 0 heterocycles. The molecule has 0 aliphatic carbocycles. The Kier molecular flexibility index (Phi) is 5.90. The quantitative estimate of drug-likeness (QED) is 0.445. The lowest BCUT2D eigenvalue weighted by Crippen LogP contribution is -2.40. The van der Waals surface area contributed by atoms with E-state index in [0.29, 0.717) is 0 Å². The molecular formula is C17H27ClOSi. The van der Waals surface area contributed by atoms with E-state index < -0.39 is 8.32 Å². The molecular weight excluding hydrogens is 284 g/mol. The number of halogens is 1. The van der Waals surface area contributed by atoms with E-state index in [4.69, 9.17) is 16.0 Å². The lowest BCUT2D eigenvalue weighted by Gasteiger charge is -2.37. The van der Waals surface area contributed by atoms with Crippen molar-refractivity contribution < 1.29 is 4.43 Å². The first-order valence-corrected chi connectivity index (χ1v) is 10.6. The van der Waals surface area contributed by atoms with E-state index in [2.05, 4.69) is 52.9 Å². The van der Waals surface area contributed by atoms with E-state index in [0.717, 1.165) is 29.2 Å². The molecule has 112 valence electrons. The third kappa shape index (κ3) is 4.67. The molecule has 20 heavy (non-hydrogen) atoms. The number of allylic oxidation sites excluding steroid dienone is 1. The minimum absolute atomic E-state index is 0.191. The molecule has 0 atom stereocenters. The summed E-state index contributed by atoms with van der Waals surface area (Å²) in [4.78, 5) is 0. The summed E-state index contributed by atoms with van der Waals surface area (Å²) in [6.07, 6.45) is 4.34. The summed E-state index contributed by atoms with van der Waals surface area (Å²) in [6, 6.07) is 7.93. The highest BCUT2D eigenvalue weighted by atomic mass is 35.5. The highest BCUT2D eigenvalue weighted by Gasteiger charge is 2.39. The van der Waals surface area contributed by atoms with Crippen LogP contribution in [0.1, 0.15) is 46.1 Å². The van der Waals surface area contributed by atoms with Gasteiger partial charge in [0.25, 0.3) is 0 Å². The fourth-order valence-corrected chi connectivity index (χ4v) is 2.81. The fraction of sp³-hybridized carbons (Fsp3) is 0.529. The van der Waals surface area contributed by atoms with Crippen molar-refractivity contribution in [2.24, 2.45) is 0 Å². The molecule has 0 bridgehead atoms. The summed E-state index contributed by atoms with van der Waals surface area (Å²) in [5.74, 6) is 0.987. The SMILES string of the molecule is CCCC=C(O[Si](C)(C)C(C)(C)C)c1cccc(Cl)c1. The van der Waals surface area contributed by atoms with Crippen molar-refractivity contribution in [2.75, 3.05) is 0 Å². The van der Waals surface area contributed by atoms with Gasteiger partial charge in [0.15, 0.2) is 0 Å². The molecule has 0 aliphatic rings. The fourth-order valence-electron chi connectivity index (χ4n) is 1.56. The highest BCUT2D eigenvalue weighted by Crippen LogP contribution is 2.39. The summed E-state index contributed by atoms with van der Waals surface area (Å²) in [6.45, 7) is 13.5. The number of hydrogen-bond donors (Lipinski definition) is 0. The Morgan fingerprint density at radius 3 is 2.45 bits per heavy atom. The summed E-state index contributed by atoms with van der Waals surface area (Å²) >= 11 is 6.11. The van der Waals surface area contributed by atoms with Gasteiger partial charge in [-0.05, 0) is 42.8 Å². The third-order valence-electron chi connectivity index (χ3n) is 3.90. The Balaban J connectivity index is 3.09. The van der Waals surface area contributed by atoms with Gasteiger partial charge < -0.3 is 4.43 Å². The summed E-state index contributed by atoms with van der Waals surface area (Å²) in [5, 5.41) is 0.945. The van der Waals surface area contributed by atoms with E-state index in [1.807, 2.05) is 18.2 Å². The van der Waals surface area contributed by atoms with Gasteiger partial charge in [-0.3, -0.25) is 0 Å². The Labute approximate surface area is 130 Å². The van der Waals surface area contributed by atoms with Crippen molar-refractivity contribution in [3.63, 3.8) is 0 Å².